The molecule has 1 heterocycles. The molecule has 0 N–H and O–H groups in total. The molecule has 1 saturated carbocycles. The highest BCUT2D eigenvalue weighted by atomic mass is 35.5. The zero-order valence-electron chi connectivity index (χ0n) is 13.0. The van der Waals surface area contributed by atoms with Crippen LogP contribution < -0.4 is 0 Å². The second-order valence-corrected chi connectivity index (χ2v) is 8.33. The van der Waals surface area contributed by atoms with Crippen molar-refractivity contribution in [3.8, 4) is 0 Å². The monoisotopic (exact) mass is 376 g/mol. The lowest BCUT2D eigenvalue weighted by atomic mass is 10.3. The van der Waals surface area contributed by atoms with Crippen LogP contribution in [0.4, 0.5) is 9.18 Å². The van der Waals surface area contributed by atoms with E-state index in [-0.39, 0.29) is 36.1 Å². The van der Waals surface area contributed by atoms with E-state index in [1.165, 1.54) is 15.3 Å². The van der Waals surface area contributed by atoms with Crippen LogP contribution in [0.3, 0.4) is 0 Å². The first-order valence-electron chi connectivity index (χ1n) is 7.75. The van der Waals surface area contributed by atoms with Crippen LogP contribution in [0.5, 0.6) is 0 Å². The average Bonchev–Trinajstić information content (AvgIpc) is 3.39. The maximum atomic E-state index is 13.2. The molecule has 1 aromatic carbocycles. The van der Waals surface area contributed by atoms with E-state index < -0.39 is 21.9 Å². The third-order valence-corrected chi connectivity index (χ3v) is 6.35. The first-order valence-corrected chi connectivity index (χ1v) is 9.56. The molecule has 0 bridgehead atoms. The molecule has 6 nitrogen and oxygen atoms in total. The topological polar surface area (TPSA) is 66.9 Å². The van der Waals surface area contributed by atoms with Crippen molar-refractivity contribution in [2.45, 2.75) is 17.7 Å². The van der Waals surface area contributed by atoms with Crippen molar-refractivity contribution in [2.24, 2.45) is 5.92 Å². The van der Waals surface area contributed by atoms with E-state index in [0.717, 1.165) is 25.0 Å². The molecule has 9 heteroatoms. The van der Waals surface area contributed by atoms with Crippen LogP contribution in [0.1, 0.15) is 12.8 Å². The molecular weight excluding hydrogens is 359 g/mol. The number of hydrogen-bond acceptors (Lipinski definition) is 4. The van der Waals surface area contributed by atoms with Crippen LogP contribution in [0, 0.1) is 11.7 Å². The number of hydrogen-bond donors (Lipinski definition) is 0. The van der Waals surface area contributed by atoms with Gasteiger partial charge in [0, 0.05) is 26.2 Å². The number of amides is 1. The summed E-state index contributed by atoms with van der Waals surface area (Å²) in [6.45, 7) is 1.28. The first kappa shape index (κ1) is 17.4. The summed E-state index contributed by atoms with van der Waals surface area (Å²) in [7, 11) is -3.76. The van der Waals surface area contributed by atoms with E-state index >= 15 is 0 Å². The summed E-state index contributed by atoms with van der Waals surface area (Å²) in [4.78, 5) is 13.4. The molecule has 1 aliphatic heterocycles. The van der Waals surface area contributed by atoms with Crippen LogP contribution in [0.15, 0.2) is 23.1 Å². The minimum atomic E-state index is -3.76. The summed E-state index contributed by atoms with van der Waals surface area (Å²) in [6.07, 6.45) is 1.79. The molecule has 1 saturated heterocycles. The van der Waals surface area contributed by atoms with Crippen molar-refractivity contribution in [3.05, 3.63) is 29.0 Å². The lowest BCUT2D eigenvalue weighted by Crippen LogP contribution is -2.50. The van der Waals surface area contributed by atoms with Crippen LogP contribution in [0.25, 0.3) is 0 Å². The second-order valence-electron chi connectivity index (χ2n) is 5.99. The molecule has 0 spiro atoms. The predicted octanol–water partition coefficient (Wildman–Crippen LogP) is 2.33. The second kappa shape index (κ2) is 6.85. The highest BCUT2D eigenvalue weighted by Crippen LogP contribution is 2.29. The van der Waals surface area contributed by atoms with Gasteiger partial charge in [0.15, 0.2) is 0 Å². The summed E-state index contributed by atoms with van der Waals surface area (Å²) < 4.78 is 44.8. The van der Waals surface area contributed by atoms with Crippen molar-refractivity contribution in [3.63, 3.8) is 0 Å². The van der Waals surface area contributed by atoms with Crippen LogP contribution in [-0.2, 0) is 14.8 Å². The molecule has 1 aromatic rings. The van der Waals surface area contributed by atoms with Crippen molar-refractivity contribution in [2.75, 3.05) is 32.8 Å². The van der Waals surface area contributed by atoms with Crippen molar-refractivity contribution < 1.29 is 22.3 Å². The highest BCUT2D eigenvalue weighted by Gasteiger charge is 2.32. The molecule has 2 fully saturated rings. The Kier molecular flexibility index (Phi) is 4.98. The Hall–Kier alpha value is -1.38. The number of carbonyl (C=O) groups excluding carboxylic acids is 1. The van der Waals surface area contributed by atoms with E-state index in [4.69, 9.17) is 16.3 Å². The fraction of sp³-hybridized carbons (Fsp3) is 0.533. The highest BCUT2D eigenvalue weighted by molar-refractivity contribution is 7.89. The molecule has 1 amide bonds. The van der Waals surface area contributed by atoms with E-state index in [2.05, 4.69) is 0 Å². The van der Waals surface area contributed by atoms with Gasteiger partial charge in [0.05, 0.1) is 16.5 Å². The van der Waals surface area contributed by atoms with Crippen molar-refractivity contribution >= 4 is 27.7 Å². The molecule has 0 unspecified atom stereocenters. The van der Waals surface area contributed by atoms with Gasteiger partial charge >= 0.3 is 6.09 Å². The molecule has 1 aliphatic carbocycles. The Labute approximate surface area is 145 Å². The number of piperazine rings is 1. The largest absolute Gasteiger partial charge is 0.449 e. The number of ether oxygens (including phenoxy) is 1. The number of carbonyl (C=O) groups is 1. The third-order valence-electron chi connectivity index (χ3n) is 4.17. The van der Waals surface area contributed by atoms with Gasteiger partial charge in [-0.1, -0.05) is 11.6 Å². The number of benzene rings is 1. The van der Waals surface area contributed by atoms with Crippen LogP contribution in [0.2, 0.25) is 5.02 Å². The van der Waals surface area contributed by atoms with E-state index in [1.54, 1.807) is 0 Å². The third kappa shape index (κ3) is 3.81. The van der Waals surface area contributed by atoms with Gasteiger partial charge in [0.1, 0.15) is 5.82 Å². The van der Waals surface area contributed by atoms with Crippen molar-refractivity contribution in [1.82, 2.24) is 9.21 Å². The predicted molar refractivity (Wildman–Crippen MR) is 85.8 cm³/mol. The Bertz CT molecular complexity index is 731. The smallest absolute Gasteiger partial charge is 0.409 e. The lowest BCUT2D eigenvalue weighted by Gasteiger charge is -2.33. The SMILES string of the molecule is O=C(OCC1CC1)N1CCN(S(=O)(=O)c2ccc(F)c(Cl)c2)CC1. The molecule has 0 radical (unpaired) electrons. The molecule has 0 aromatic heterocycles. The molecular formula is C15H18ClFN2O4S. The normalized spacial score (nSPS) is 19.3. The standard InChI is InChI=1S/C15H18ClFN2O4S/c16-13-9-12(3-4-14(13)17)24(21,22)19-7-5-18(6-8-19)15(20)23-10-11-1-2-11/h3-4,9,11H,1-2,5-8,10H2. The fourth-order valence-electron chi connectivity index (χ4n) is 2.46. The first-order chi connectivity index (χ1) is 11.4. The molecule has 0 atom stereocenters. The van der Waals surface area contributed by atoms with Crippen LogP contribution in [-0.4, -0.2) is 56.5 Å². The zero-order valence-corrected chi connectivity index (χ0v) is 14.5. The Balaban J connectivity index is 1.60. The molecule has 2 aliphatic rings. The number of rotatable bonds is 4. The molecule has 132 valence electrons. The Morgan fingerprint density at radius 3 is 2.50 bits per heavy atom. The maximum Gasteiger partial charge on any atom is 0.409 e. The minimum absolute atomic E-state index is 0.0568. The van der Waals surface area contributed by atoms with Gasteiger partial charge in [-0.15, -0.1) is 0 Å². The van der Waals surface area contributed by atoms with Gasteiger partial charge in [-0.05, 0) is 37.0 Å². The van der Waals surface area contributed by atoms with Gasteiger partial charge in [-0.3, -0.25) is 0 Å². The summed E-state index contributed by atoms with van der Waals surface area (Å²) >= 11 is 5.66. The summed E-state index contributed by atoms with van der Waals surface area (Å²) in [5.41, 5.74) is 0. The quantitative estimate of drug-likeness (QED) is 0.808. The van der Waals surface area contributed by atoms with E-state index in [0.29, 0.717) is 12.5 Å². The number of sulfonamides is 1. The van der Waals surface area contributed by atoms with Crippen molar-refractivity contribution in [1.29, 1.82) is 0 Å². The van der Waals surface area contributed by atoms with E-state index in [1.807, 2.05) is 0 Å². The molecule has 24 heavy (non-hydrogen) atoms. The van der Waals surface area contributed by atoms with Gasteiger partial charge in [0.2, 0.25) is 10.0 Å². The van der Waals surface area contributed by atoms with E-state index in [9.17, 15) is 17.6 Å². The van der Waals surface area contributed by atoms with Gasteiger partial charge in [0.25, 0.3) is 0 Å². The maximum absolute atomic E-state index is 13.2. The minimum Gasteiger partial charge on any atom is -0.449 e. The Morgan fingerprint density at radius 2 is 1.92 bits per heavy atom. The average molecular weight is 377 g/mol. The summed E-state index contributed by atoms with van der Waals surface area (Å²) in [6, 6.07) is 3.32. The zero-order chi connectivity index (χ0) is 17.3. The molecule has 3 rings (SSSR count). The van der Waals surface area contributed by atoms with Gasteiger partial charge in [-0.25, -0.2) is 17.6 Å². The number of nitrogens with zero attached hydrogens (tertiary/aromatic N) is 2. The van der Waals surface area contributed by atoms with Gasteiger partial charge in [-0.2, -0.15) is 4.31 Å². The van der Waals surface area contributed by atoms with Crippen LogP contribution >= 0.6 is 11.6 Å². The summed E-state index contributed by atoms with van der Waals surface area (Å²) in [5, 5.41) is -0.238. The number of halogens is 2. The summed E-state index contributed by atoms with van der Waals surface area (Å²) in [5.74, 6) is -0.183. The lowest BCUT2D eigenvalue weighted by molar-refractivity contribution is 0.0857. The Morgan fingerprint density at radius 1 is 1.25 bits per heavy atom. The fourth-order valence-corrected chi connectivity index (χ4v) is 4.16. The van der Waals surface area contributed by atoms with Gasteiger partial charge < -0.3 is 9.64 Å².